The minimum absolute atomic E-state index is 0.212. The molecular weight excluding hydrogens is 269 g/mol. The molecule has 21 heavy (non-hydrogen) atoms. The number of aromatic nitrogens is 1. The summed E-state index contributed by atoms with van der Waals surface area (Å²) in [5.74, 6) is 1.26. The molecule has 3 nitrogen and oxygen atoms in total. The standard InChI is InChI=1S/C17H16FNO2/c1-19-12(9-15-16(18)7-4-8-17(15)19)11-21-14-6-3-5-13(10-14)20-2/h3-10H,11H2,1-2H3. The molecule has 0 unspecified atom stereocenters. The summed E-state index contributed by atoms with van der Waals surface area (Å²) in [7, 11) is 3.53. The van der Waals surface area contributed by atoms with Crippen LogP contribution in [0.1, 0.15) is 5.69 Å². The van der Waals surface area contributed by atoms with Crippen LogP contribution in [0.25, 0.3) is 10.9 Å². The van der Waals surface area contributed by atoms with Crippen LogP contribution in [0.15, 0.2) is 48.5 Å². The summed E-state index contributed by atoms with van der Waals surface area (Å²) in [6, 6.07) is 14.3. The normalized spacial score (nSPS) is 10.8. The first-order valence-corrected chi connectivity index (χ1v) is 6.68. The van der Waals surface area contributed by atoms with Crippen LogP contribution in [-0.2, 0) is 13.7 Å². The molecule has 3 rings (SSSR count). The molecule has 0 radical (unpaired) electrons. The fraction of sp³-hybridized carbons (Fsp3) is 0.176. The molecule has 3 aromatic rings. The van der Waals surface area contributed by atoms with Crippen LogP contribution >= 0.6 is 0 Å². The van der Waals surface area contributed by atoms with Crippen molar-refractivity contribution < 1.29 is 13.9 Å². The third kappa shape index (κ3) is 2.57. The second-order valence-electron chi connectivity index (χ2n) is 4.83. The van der Waals surface area contributed by atoms with Crippen LogP contribution < -0.4 is 9.47 Å². The van der Waals surface area contributed by atoms with E-state index in [-0.39, 0.29) is 5.82 Å². The van der Waals surface area contributed by atoms with Crippen molar-refractivity contribution in [3.05, 3.63) is 60.0 Å². The van der Waals surface area contributed by atoms with Gasteiger partial charge in [-0.25, -0.2) is 4.39 Å². The maximum absolute atomic E-state index is 13.8. The number of benzene rings is 2. The van der Waals surface area contributed by atoms with Gasteiger partial charge < -0.3 is 14.0 Å². The molecule has 2 aromatic carbocycles. The number of fused-ring (bicyclic) bond motifs is 1. The van der Waals surface area contributed by atoms with Gasteiger partial charge in [-0.1, -0.05) is 12.1 Å². The highest BCUT2D eigenvalue weighted by molar-refractivity contribution is 5.81. The van der Waals surface area contributed by atoms with Crippen molar-refractivity contribution >= 4 is 10.9 Å². The number of hydrogen-bond acceptors (Lipinski definition) is 2. The molecule has 1 heterocycles. The molecule has 0 aliphatic heterocycles. The first-order chi connectivity index (χ1) is 10.2. The molecule has 0 bridgehead atoms. The molecule has 0 atom stereocenters. The lowest BCUT2D eigenvalue weighted by atomic mass is 10.2. The minimum Gasteiger partial charge on any atom is -0.497 e. The fourth-order valence-corrected chi connectivity index (χ4v) is 2.37. The predicted molar refractivity (Wildman–Crippen MR) is 80.2 cm³/mol. The van der Waals surface area contributed by atoms with E-state index in [0.29, 0.717) is 12.0 Å². The highest BCUT2D eigenvalue weighted by Gasteiger charge is 2.09. The van der Waals surface area contributed by atoms with Gasteiger partial charge in [0.05, 0.1) is 18.3 Å². The molecule has 0 fully saturated rings. The Bertz CT molecular complexity index is 780. The van der Waals surface area contributed by atoms with E-state index in [9.17, 15) is 4.39 Å². The SMILES string of the molecule is COc1cccc(OCc2cc3c(F)cccc3n2C)c1. The lowest BCUT2D eigenvalue weighted by Gasteiger charge is -2.08. The monoisotopic (exact) mass is 285 g/mol. The van der Waals surface area contributed by atoms with E-state index >= 15 is 0 Å². The van der Waals surface area contributed by atoms with Crippen LogP contribution in [-0.4, -0.2) is 11.7 Å². The third-order valence-electron chi connectivity index (χ3n) is 3.56. The van der Waals surface area contributed by atoms with Gasteiger partial charge in [0.2, 0.25) is 0 Å². The molecule has 0 saturated heterocycles. The van der Waals surface area contributed by atoms with Crippen LogP contribution in [0.2, 0.25) is 0 Å². The largest absolute Gasteiger partial charge is 0.497 e. The highest BCUT2D eigenvalue weighted by Crippen LogP contribution is 2.24. The first kappa shape index (κ1) is 13.5. The highest BCUT2D eigenvalue weighted by atomic mass is 19.1. The van der Waals surface area contributed by atoms with E-state index in [1.54, 1.807) is 13.2 Å². The first-order valence-electron chi connectivity index (χ1n) is 6.68. The Hall–Kier alpha value is -2.49. The molecular formula is C17H16FNO2. The number of halogens is 1. The Labute approximate surface area is 122 Å². The van der Waals surface area contributed by atoms with E-state index < -0.39 is 0 Å². The van der Waals surface area contributed by atoms with Crippen LogP contribution in [0, 0.1) is 5.82 Å². The fourth-order valence-electron chi connectivity index (χ4n) is 2.37. The molecule has 0 aliphatic carbocycles. The second kappa shape index (κ2) is 5.48. The van der Waals surface area contributed by atoms with Gasteiger partial charge in [0, 0.05) is 18.5 Å². The van der Waals surface area contributed by atoms with Crippen LogP contribution in [0.4, 0.5) is 4.39 Å². The van der Waals surface area contributed by atoms with E-state index in [4.69, 9.17) is 9.47 Å². The van der Waals surface area contributed by atoms with Crippen molar-refractivity contribution in [1.82, 2.24) is 4.57 Å². The summed E-state index contributed by atoms with van der Waals surface area (Å²) in [6.07, 6.45) is 0. The number of hydrogen-bond donors (Lipinski definition) is 0. The Morgan fingerprint density at radius 3 is 2.57 bits per heavy atom. The quantitative estimate of drug-likeness (QED) is 0.725. The Kier molecular flexibility index (Phi) is 3.52. The molecule has 0 aliphatic rings. The summed E-state index contributed by atoms with van der Waals surface area (Å²) < 4.78 is 26.6. The van der Waals surface area contributed by atoms with Crippen molar-refractivity contribution in [2.24, 2.45) is 7.05 Å². The molecule has 0 saturated carbocycles. The maximum atomic E-state index is 13.8. The van der Waals surface area contributed by atoms with Crippen LogP contribution in [0.5, 0.6) is 11.5 Å². The molecule has 0 amide bonds. The zero-order valence-electron chi connectivity index (χ0n) is 12.0. The van der Waals surface area contributed by atoms with Gasteiger partial charge in [0.1, 0.15) is 23.9 Å². The summed E-state index contributed by atoms with van der Waals surface area (Å²) >= 11 is 0. The van der Waals surface area contributed by atoms with Gasteiger partial charge in [0.25, 0.3) is 0 Å². The minimum atomic E-state index is -0.212. The van der Waals surface area contributed by atoms with E-state index in [0.717, 1.165) is 22.7 Å². The van der Waals surface area contributed by atoms with E-state index in [2.05, 4.69) is 0 Å². The Morgan fingerprint density at radius 2 is 1.81 bits per heavy atom. The number of rotatable bonds is 4. The number of methoxy groups -OCH3 is 1. The average Bonchev–Trinajstić information content (AvgIpc) is 2.84. The number of aryl methyl sites for hydroxylation is 1. The molecule has 1 aromatic heterocycles. The molecule has 108 valence electrons. The third-order valence-corrected chi connectivity index (χ3v) is 3.56. The number of ether oxygens (including phenoxy) is 2. The molecule has 0 N–H and O–H groups in total. The van der Waals surface area contributed by atoms with Gasteiger partial charge in [-0.15, -0.1) is 0 Å². The van der Waals surface area contributed by atoms with E-state index in [1.165, 1.54) is 6.07 Å². The van der Waals surface area contributed by atoms with Gasteiger partial charge in [0.15, 0.2) is 0 Å². The van der Waals surface area contributed by atoms with Gasteiger partial charge in [-0.05, 0) is 30.3 Å². The van der Waals surface area contributed by atoms with Crippen molar-refractivity contribution in [3.8, 4) is 11.5 Å². The lowest BCUT2D eigenvalue weighted by Crippen LogP contribution is -2.01. The van der Waals surface area contributed by atoms with Crippen molar-refractivity contribution in [2.45, 2.75) is 6.61 Å². The number of nitrogens with zero attached hydrogens (tertiary/aromatic N) is 1. The van der Waals surface area contributed by atoms with Crippen LogP contribution in [0.3, 0.4) is 0 Å². The maximum Gasteiger partial charge on any atom is 0.132 e. The Morgan fingerprint density at radius 1 is 1.05 bits per heavy atom. The summed E-state index contributed by atoms with van der Waals surface area (Å²) in [5.41, 5.74) is 1.78. The summed E-state index contributed by atoms with van der Waals surface area (Å²) in [6.45, 7) is 0.373. The zero-order valence-corrected chi connectivity index (χ0v) is 12.0. The second-order valence-corrected chi connectivity index (χ2v) is 4.83. The smallest absolute Gasteiger partial charge is 0.132 e. The zero-order chi connectivity index (χ0) is 14.8. The van der Waals surface area contributed by atoms with Crippen molar-refractivity contribution in [2.75, 3.05) is 7.11 Å². The average molecular weight is 285 g/mol. The predicted octanol–water partition coefficient (Wildman–Crippen LogP) is 3.91. The van der Waals surface area contributed by atoms with E-state index in [1.807, 2.05) is 48.0 Å². The van der Waals surface area contributed by atoms with Gasteiger partial charge in [-0.2, -0.15) is 0 Å². The van der Waals surface area contributed by atoms with Gasteiger partial charge >= 0.3 is 0 Å². The lowest BCUT2D eigenvalue weighted by molar-refractivity contribution is 0.295. The topological polar surface area (TPSA) is 23.4 Å². The summed E-state index contributed by atoms with van der Waals surface area (Å²) in [4.78, 5) is 0. The van der Waals surface area contributed by atoms with Crippen molar-refractivity contribution in [1.29, 1.82) is 0 Å². The van der Waals surface area contributed by atoms with Crippen molar-refractivity contribution in [3.63, 3.8) is 0 Å². The molecule has 4 heteroatoms. The van der Waals surface area contributed by atoms with Gasteiger partial charge in [-0.3, -0.25) is 0 Å². The Balaban J connectivity index is 1.85. The summed E-state index contributed by atoms with van der Waals surface area (Å²) in [5, 5.41) is 0.615. The molecule has 0 spiro atoms.